The molecule has 4 aromatic rings. The van der Waals surface area contributed by atoms with Crippen molar-refractivity contribution in [3.63, 3.8) is 0 Å². The van der Waals surface area contributed by atoms with Crippen molar-refractivity contribution in [1.29, 1.82) is 0 Å². The summed E-state index contributed by atoms with van der Waals surface area (Å²) < 4.78 is 1.10. The Labute approximate surface area is 195 Å². The first-order valence-electron chi connectivity index (χ1n) is 10.1. The Kier molecular flexibility index (Phi) is 7.61. The van der Waals surface area contributed by atoms with E-state index in [1.807, 2.05) is 47.5 Å². The number of thiazole rings is 1. The summed E-state index contributed by atoms with van der Waals surface area (Å²) in [6, 6.07) is 20.4. The average molecular weight is 466 g/mol. The van der Waals surface area contributed by atoms with Crippen LogP contribution in [0.25, 0.3) is 10.2 Å². The third kappa shape index (κ3) is 5.67. The van der Waals surface area contributed by atoms with Crippen LogP contribution in [0.4, 0.5) is 5.13 Å². The van der Waals surface area contributed by atoms with Crippen LogP contribution in [-0.2, 0) is 11.3 Å². The smallest absolute Gasteiger partial charge is 0.229 e. The van der Waals surface area contributed by atoms with E-state index >= 15 is 0 Å². The van der Waals surface area contributed by atoms with Gasteiger partial charge in [0.2, 0.25) is 5.91 Å². The van der Waals surface area contributed by atoms with Crippen molar-refractivity contribution in [1.82, 2.24) is 9.97 Å². The Hall–Kier alpha value is -2.35. The van der Waals surface area contributed by atoms with Crippen LogP contribution in [-0.4, -0.2) is 27.9 Å². The molecule has 0 fully saturated rings. The Bertz CT molecular complexity index is 1130. The molecular weight excluding hydrogens is 442 g/mol. The maximum atomic E-state index is 13.2. The van der Waals surface area contributed by atoms with Gasteiger partial charge in [0.15, 0.2) is 5.13 Å². The third-order valence-corrected chi connectivity index (χ3v) is 7.64. The molecule has 2 aromatic carbocycles. The standard InChI is InChI=1S/C24H23N3OS3/c1-29-20-11-5-12-21-23(20)26-24(31-21)27(17-18-8-6-14-25-16-18)22(28)13-7-15-30-19-9-3-2-4-10-19/h2-6,8-12,14,16H,7,13,15,17H2,1H3. The highest BCUT2D eigenvalue weighted by atomic mass is 32.2. The van der Waals surface area contributed by atoms with Crippen molar-refractivity contribution in [3.8, 4) is 0 Å². The number of aromatic nitrogens is 2. The lowest BCUT2D eigenvalue weighted by Gasteiger charge is -2.20. The Balaban J connectivity index is 1.50. The topological polar surface area (TPSA) is 46.1 Å². The number of nitrogens with zero attached hydrogens (tertiary/aromatic N) is 3. The van der Waals surface area contributed by atoms with E-state index in [9.17, 15) is 4.79 Å². The molecule has 2 aromatic heterocycles. The zero-order valence-electron chi connectivity index (χ0n) is 17.2. The number of carbonyl (C=O) groups excluding carboxylic acids is 1. The molecule has 0 aliphatic rings. The van der Waals surface area contributed by atoms with Crippen LogP contribution in [0.1, 0.15) is 18.4 Å². The van der Waals surface area contributed by atoms with Crippen LogP contribution in [0.5, 0.6) is 0 Å². The fourth-order valence-electron chi connectivity index (χ4n) is 3.19. The highest BCUT2D eigenvalue weighted by Crippen LogP contribution is 2.35. The predicted octanol–water partition coefficient (Wildman–Crippen LogP) is 6.52. The molecule has 158 valence electrons. The SMILES string of the molecule is CSc1cccc2sc(N(Cc3cccnc3)C(=O)CCCSc3ccccc3)nc12. The lowest BCUT2D eigenvalue weighted by molar-refractivity contribution is -0.118. The van der Waals surface area contributed by atoms with Crippen molar-refractivity contribution >= 4 is 56.1 Å². The predicted molar refractivity (Wildman–Crippen MR) is 133 cm³/mol. The van der Waals surface area contributed by atoms with Gasteiger partial charge in [-0.05, 0) is 54.3 Å². The van der Waals surface area contributed by atoms with Gasteiger partial charge < -0.3 is 0 Å². The van der Waals surface area contributed by atoms with Gasteiger partial charge in [0, 0.05) is 28.6 Å². The lowest BCUT2D eigenvalue weighted by atomic mass is 10.2. The maximum Gasteiger partial charge on any atom is 0.229 e. The molecule has 2 heterocycles. The molecule has 1 amide bonds. The highest BCUT2D eigenvalue weighted by Gasteiger charge is 2.21. The number of pyridine rings is 1. The Morgan fingerprint density at radius 3 is 2.71 bits per heavy atom. The molecule has 0 saturated heterocycles. The minimum absolute atomic E-state index is 0.0993. The van der Waals surface area contributed by atoms with Gasteiger partial charge >= 0.3 is 0 Å². The number of anilines is 1. The molecule has 0 saturated carbocycles. The lowest BCUT2D eigenvalue weighted by Crippen LogP contribution is -2.30. The van der Waals surface area contributed by atoms with Gasteiger partial charge in [0.1, 0.15) is 0 Å². The van der Waals surface area contributed by atoms with E-state index in [0.29, 0.717) is 13.0 Å². The maximum absolute atomic E-state index is 13.2. The molecule has 0 spiro atoms. The number of carbonyl (C=O) groups is 1. The van der Waals surface area contributed by atoms with Crippen molar-refractivity contribution in [2.24, 2.45) is 0 Å². The zero-order chi connectivity index (χ0) is 21.5. The minimum atomic E-state index is 0.0993. The van der Waals surface area contributed by atoms with E-state index < -0.39 is 0 Å². The van der Waals surface area contributed by atoms with Gasteiger partial charge in [0.05, 0.1) is 16.8 Å². The van der Waals surface area contributed by atoms with E-state index in [1.54, 1.807) is 41.1 Å². The molecule has 0 aliphatic carbocycles. The number of hydrogen-bond donors (Lipinski definition) is 0. The normalized spacial score (nSPS) is 11.0. The number of thioether (sulfide) groups is 2. The molecule has 0 unspecified atom stereocenters. The fraction of sp³-hybridized carbons (Fsp3) is 0.208. The monoisotopic (exact) mass is 465 g/mol. The summed E-state index contributed by atoms with van der Waals surface area (Å²) in [6.07, 6.45) is 6.93. The molecule has 7 heteroatoms. The molecule has 4 nitrogen and oxygen atoms in total. The van der Waals surface area contributed by atoms with E-state index in [0.717, 1.165) is 38.0 Å². The summed E-state index contributed by atoms with van der Waals surface area (Å²) in [4.78, 5) is 26.5. The van der Waals surface area contributed by atoms with Crippen LogP contribution < -0.4 is 4.90 Å². The zero-order valence-corrected chi connectivity index (χ0v) is 19.7. The Morgan fingerprint density at radius 2 is 1.94 bits per heavy atom. The van der Waals surface area contributed by atoms with Crippen molar-refractivity contribution < 1.29 is 4.79 Å². The van der Waals surface area contributed by atoms with Crippen molar-refractivity contribution in [2.75, 3.05) is 16.9 Å². The second kappa shape index (κ2) is 10.8. The van der Waals surface area contributed by atoms with E-state index in [2.05, 4.69) is 35.5 Å². The van der Waals surface area contributed by atoms with E-state index in [-0.39, 0.29) is 5.91 Å². The summed E-state index contributed by atoms with van der Waals surface area (Å²) in [5.74, 6) is 1.01. The highest BCUT2D eigenvalue weighted by molar-refractivity contribution is 7.99. The molecule has 0 aliphatic heterocycles. The second-order valence-corrected chi connectivity index (χ2v) is 9.94. The molecular formula is C24H23N3OS3. The van der Waals surface area contributed by atoms with Gasteiger partial charge in [-0.15, -0.1) is 23.5 Å². The third-order valence-electron chi connectivity index (χ3n) is 4.73. The van der Waals surface area contributed by atoms with Crippen LogP contribution >= 0.6 is 34.9 Å². The van der Waals surface area contributed by atoms with Gasteiger partial charge in [-0.1, -0.05) is 41.7 Å². The van der Waals surface area contributed by atoms with Crippen molar-refractivity contribution in [3.05, 3.63) is 78.6 Å². The molecule has 0 atom stereocenters. The number of para-hydroxylation sites is 1. The number of hydrogen-bond acceptors (Lipinski definition) is 6. The van der Waals surface area contributed by atoms with Crippen LogP contribution in [0.15, 0.2) is 82.8 Å². The molecule has 4 rings (SSSR count). The van der Waals surface area contributed by atoms with E-state index in [4.69, 9.17) is 4.98 Å². The summed E-state index contributed by atoms with van der Waals surface area (Å²) in [6.45, 7) is 0.479. The largest absolute Gasteiger partial charge is 0.284 e. The minimum Gasteiger partial charge on any atom is -0.284 e. The van der Waals surface area contributed by atoms with Crippen LogP contribution in [0.3, 0.4) is 0 Å². The quantitative estimate of drug-likeness (QED) is 0.208. The second-order valence-electron chi connectivity index (χ2n) is 6.91. The molecule has 31 heavy (non-hydrogen) atoms. The van der Waals surface area contributed by atoms with E-state index in [1.165, 1.54) is 4.90 Å². The molecule has 0 N–H and O–H groups in total. The van der Waals surface area contributed by atoms with Crippen LogP contribution in [0, 0.1) is 0 Å². The number of fused-ring (bicyclic) bond motifs is 1. The molecule has 0 radical (unpaired) electrons. The number of rotatable bonds is 9. The summed E-state index contributed by atoms with van der Waals surface area (Å²) in [5, 5.41) is 0.751. The van der Waals surface area contributed by atoms with Gasteiger partial charge in [-0.2, -0.15) is 0 Å². The first-order valence-corrected chi connectivity index (χ1v) is 13.1. The first-order chi connectivity index (χ1) is 15.2. The Morgan fingerprint density at radius 1 is 1.06 bits per heavy atom. The fourth-order valence-corrected chi connectivity index (χ4v) is 5.70. The summed E-state index contributed by atoms with van der Waals surface area (Å²) in [7, 11) is 0. The molecule has 0 bridgehead atoms. The van der Waals surface area contributed by atoms with Crippen molar-refractivity contribution in [2.45, 2.75) is 29.2 Å². The number of amides is 1. The van der Waals surface area contributed by atoms with Gasteiger partial charge in [-0.25, -0.2) is 4.98 Å². The number of benzene rings is 2. The van der Waals surface area contributed by atoms with Gasteiger partial charge in [0.25, 0.3) is 0 Å². The summed E-state index contributed by atoms with van der Waals surface area (Å²) >= 11 is 5.04. The first kappa shape index (κ1) is 21.9. The van der Waals surface area contributed by atoms with Crippen LogP contribution in [0.2, 0.25) is 0 Å². The average Bonchev–Trinajstić information content (AvgIpc) is 3.25. The van der Waals surface area contributed by atoms with Gasteiger partial charge in [-0.3, -0.25) is 14.7 Å². The summed E-state index contributed by atoms with van der Waals surface area (Å²) in [5.41, 5.74) is 1.97.